The maximum absolute atomic E-state index is 11.6. The number of esters is 2. The Morgan fingerprint density at radius 3 is 1.39 bits per heavy atom. The minimum absolute atomic E-state index is 0.488. The maximum Gasteiger partial charge on any atom is 0.331 e. The molecule has 0 heterocycles. The first kappa shape index (κ1) is 21.4. The molecule has 7 heteroatoms. The van der Waals surface area contributed by atoms with Gasteiger partial charge in [0.15, 0.2) is 13.2 Å². The zero-order valence-corrected chi connectivity index (χ0v) is 16.2. The smallest absolute Gasteiger partial charge is 0.331 e. The van der Waals surface area contributed by atoms with E-state index in [-0.39, 0.29) is 0 Å². The maximum atomic E-state index is 11.6. The molecule has 2 rings (SSSR count). The number of carbonyl (C=O) groups is 3. The highest BCUT2D eigenvalue weighted by molar-refractivity contribution is 6.30. The van der Waals surface area contributed by atoms with Crippen LogP contribution >= 0.6 is 23.2 Å². The third kappa shape index (κ3) is 8.20. The van der Waals surface area contributed by atoms with Gasteiger partial charge in [-0.3, -0.25) is 4.79 Å². The average Bonchev–Trinajstić information content (AvgIpc) is 2.69. The molecule has 2 aromatic carbocycles. The van der Waals surface area contributed by atoms with E-state index in [0.717, 1.165) is 11.1 Å². The summed E-state index contributed by atoms with van der Waals surface area (Å²) < 4.78 is 9.60. The van der Waals surface area contributed by atoms with E-state index < -0.39 is 30.9 Å². The molecular weight excluding hydrogens is 403 g/mol. The fourth-order valence-corrected chi connectivity index (χ4v) is 2.17. The number of rotatable bonds is 8. The lowest BCUT2D eigenvalue weighted by molar-refractivity contribution is -0.148. The van der Waals surface area contributed by atoms with E-state index in [1.807, 2.05) is 0 Å². The SMILES string of the molecule is O=C(COC(=O)C=Cc1ccc(Cl)cc1)COC(=O)C=Cc1ccc(Cl)cc1. The van der Waals surface area contributed by atoms with Crippen LogP contribution in [-0.2, 0) is 23.9 Å². The summed E-state index contributed by atoms with van der Waals surface area (Å²) in [4.78, 5) is 34.8. The molecule has 0 saturated carbocycles. The van der Waals surface area contributed by atoms with Crippen molar-refractivity contribution in [1.82, 2.24) is 0 Å². The summed E-state index contributed by atoms with van der Waals surface area (Å²) in [5, 5.41) is 1.17. The summed E-state index contributed by atoms with van der Waals surface area (Å²) in [6.45, 7) is -0.976. The Bertz CT molecular complexity index is 811. The van der Waals surface area contributed by atoms with Crippen molar-refractivity contribution in [2.75, 3.05) is 13.2 Å². The predicted octanol–water partition coefficient (Wildman–Crippen LogP) is 4.38. The molecule has 0 saturated heterocycles. The molecular formula is C21H16Cl2O5. The molecule has 0 aliphatic rings. The van der Waals surface area contributed by atoms with Crippen LogP contribution in [0.15, 0.2) is 60.7 Å². The highest BCUT2D eigenvalue weighted by Gasteiger charge is 2.08. The van der Waals surface area contributed by atoms with Crippen molar-refractivity contribution in [3.63, 3.8) is 0 Å². The number of hydrogen-bond donors (Lipinski definition) is 0. The van der Waals surface area contributed by atoms with Gasteiger partial charge in [0, 0.05) is 22.2 Å². The van der Waals surface area contributed by atoms with E-state index in [0.29, 0.717) is 10.0 Å². The van der Waals surface area contributed by atoms with Gasteiger partial charge < -0.3 is 9.47 Å². The largest absolute Gasteiger partial charge is 0.454 e. The second-order valence-electron chi connectivity index (χ2n) is 5.52. The van der Waals surface area contributed by atoms with E-state index in [9.17, 15) is 14.4 Å². The lowest BCUT2D eigenvalue weighted by Gasteiger charge is -2.02. The van der Waals surface area contributed by atoms with Crippen LogP contribution < -0.4 is 0 Å². The molecule has 0 fully saturated rings. The minimum atomic E-state index is -0.683. The first-order valence-corrected chi connectivity index (χ1v) is 8.90. The topological polar surface area (TPSA) is 69.7 Å². The second kappa shape index (κ2) is 11.1. The van der Waals surface area contributed by atoms with E-state index in [2.05, 4.69) is 0 Å². The first-order valence-electron chi connectivity index (χ1n) is 8.15. The van der Waals surface area contributed by atoms with Crippen molar-refractivity contribution in [2.24, 2.45) is 0 Å². The number of ketones is 1. The fourth-order valence-electron chi connectivity index (χ4n) is 1.92. The van der Waals surface area contributed by atoms with Crippen LogP contribution in [0.4, 0.5) is 0 Å². The molecule has 0 radical (unpaired) electrons. The third-order valence-electron chi connectivity index (χ3n) is 3.31. The standard InChI is InChI=1S/C21H16Cl2O5/c22-17-7-1-15(2-8-17)5-11-20(25)27-13-19(24)14-28-21(26)12-6-16-3-9-18(23)10-4-16/h1-12H,13-14H2. The summed E-state index contributed by atoms with van der Waals surface area (Å²) in [6.07, 6.45) is 5.45. The minimum Gasteiger partial charge on any atom is -0.454 e. The molecule has 0 unspecified atom stereocenters. The van der Waals surface area contributed by atoms with E-state index in [4.69, 9.17) is 32.7 Å². The van der Waals surface area contributed by atoms with E-state index >= 15 is 0 Å². The molecule has 0 aliphatic carbocycles. The third-order valence-corrected chi connectivity index (χ3v) is 3.82. The first-order chi connectivity index (χ1) is 13.4. The Kier molecular flexibility index (Phi) is 8.46. The normalized spacial score (nSPS) is 10.9. The van der Waals surface area contributed by atoms with Gasteiger partial charge in [-0.25, -0.2) is 9.59 Å². The van der Waals surface area contributed by atoms with Crippen molar-refractivity contribution in [3.05, 3.63) is 81.9 Å². The highest BCUT2D eigenvalue weighted by atomic mass is 35.5. The van der Waals surface area contributed by atoms with Crippen molar-refractivity contribution in [1.29, 1.82) is 0 Å². The van der Waals surface area contributed by atoms with Crippen LogP contribution in [0, 0.1) is 0 Å². The van der Waals surface area contributed by atoms with Gasteiger partial charge in [-0.05, 0) is 47.5 Å². The van der Waals surface area contributed by atoms with Gasteiger partial charge in [0.25, 0.3) is 0 Å². The van der Waals surface area contributed by atoms with Crippen molar-refractivity contribution in [3.8, 4) is 0 Å². The quantitative estimate of drug-likeness (QED) is 0.469. The molecule has 0 aliphatic heterocycles. The molecule has 0 amide bonds. The molecule has 0 atom stereocenters. The summed E-state index contributed by atoms with van der Waals surface area (Å²) in [6, 6.07) is 13.7. The van der Waals surface area contributed by atoms with Crippen LogP contribution in [0.5, 0.6) is 0 Å². The van der Waals surface area contributed by atoms with Crippen LogP contribution in [0.2, 0.25) is 10.0 Å². The Balaban J connectivity index is 1.68. The number of ether oxygens (including phenoxy) is 2. The van der Waals surface area contributed by atoms with Gasteiger partial charge in [-0.2, -0.15) is 0 Å². The number of Topliss-reactive ketones (excluding diaryl/α,β-unsaturated/α-hetero) is 1. The van der Waals surface area contributed by atoms with Crippen molar-refractivity contribution in [2.45, 2.75) is 0 Å². The van der Waals surface area contributed by atoms with Gasteiger partial charge in [-0.15, -0.1) is 0 Å². The zero-order chi connectivity index (χ0) is 20.4. The van der Waals surface area contributed by atoms with Crippen molar-refractivity contribution >= 4 is 53.1 Å². The Morgan fingerprint density at radius 1 is 0.679 bits per heavy atom. The van der Waals surface area contributed by atoms with Crippen LogP contribution in [0.3, 0.4) is 0 Å². The number of carbonyl (C=O) groups excluding carboxylic acids is 3. The summed E-state index contributed by atoms with van der Waals surface area (Å²) in [5.41, 5.74) is 1.52. The van der Waals surface area contributed by atoms with Crippen LogP contribution in [-0.4, -0.2) is 30.9 Å². The van der Waals surface area contributed by atoms with Gasteiger partial charge in [0.1, 0.15) is 0 Å². The van der Waals surface area contributed by atoms with Gasteiger partial charge in [-0.1, -0.05) is 47.5 Å². The number of hydrogen-bond acceptors (Lipinski definition) is 5. The van der Waals surface area contributed by atoms with E-state index in [1.165, 1.54) is 24.3 Å². The highest BCUT2D eigenvalue weighted by Crippen LogP contribution is 2.11. The lowest BCUT2D eigenvalue weighted by Crippen LogP contribution is -2.19. The second-order valence-corrected chi connectivity index (χ2v) is 6.40. The Labute approximate surface area is 172 Å². The molecule has 5 nitrogen and oxygen atoms in total. The van der Waals surface area contributed by atoms with Crippen molar-refractivity contribution < 1.29 is 23.9 Å². The lowest BCUT2D eigenvalue weighted by atomic mass is 10.2. The molecule has 0 bridgehead atoms. The summed E-state index contributed by atoms with van der Waals surface area (Å²) in [5.74, 6) is -1.91. The van der Waals surface area contributed by atoms with Crippen LogP contribution in [0.1, 0.15) is 11.1 Å². The van der Waals surface area contributed by atoms with Crippen LogP contribution in [0.25, 0.3) is 12.2 Å². The monoisotopic (exact) mass is 418 g/mol. The fraction of sp³-hybridized carbons (Fsp3) is 0.0952. The predicted molar refractivity (Wildman–Crippen MR) is 108 cm³/mol. The van der Waals surface area contributed by atoms with E-state index in [1.54, 1.807) is 48.5 Å². The molecule has 0 N–H and O–H groups in total. The van der Waals surface area contributed by atoms with Gasteiger partial charge >= 0.3 is 11.9 Å². The molecule has 28 heavy (non-hydrogen) atoms. The molecule has 2 aromatic rings. The Morgan fingerprint density at radius 2 is 1.04 bits per heavy atom. The number of halogens is 2. The number of benzene rings is 2. The zero-order valence-electron chi connectivity index (χ0n) is 14.6. The summed E-state index contributed by atoms with van der Waals surface area (Å²) >= 11 is 11.5. The molecule has 0 aromatic heterocycles. The van der Waals surface area contributed by atoms with Gasteiger partial charge in [0.2, 0.25) is 5.78 Å². The summed E-state index contributed by atoms with van der Waals surface area (Å²) in [7, 11) is 0. The Hall–Kier alpha value is -2.89. The average molecular weight is 419 g/mol. The molecule has 0 spiro atoms. The molecule has 144 valence electrons. The van der Waals surface area contributed by atoms with Gasteiger partial charge in [0.05, 0.1) is 0 Å².